The zero-order chi connectivity index (χ0) is 18.1. The van der Waals surface area contributed by atoms with Gasteiger partial charge in [-0.25, -0.2) is 4.79 Å². The van der Waals surface area contributed by atoms with Crippen molar-refractivity contribution >= 4 is 17.6 Å². The van der Waals surface area contributed by atoms with Crippen LogP contribution in [0.5, 0.6) is 0 Å². The molecule has 0 spiro atoms. The third-order valence-electron chi connectivity index (χ3n) is 6.53. The first-order valence-corrected chi connectivity index (χ1v) is 10.5. The summed E-state index contributed by atoms with van der Waals surface area (Å²) >= 11 is 5.96. The number of hydrogen-bond donors (Lipinski definition) is 1. The van der Waals surface area contributed by atoms with Gasteiger partial charge in [0.25, 0.3) is 0 Å². The maximum atomic E-state index is 12.7. The molecule has 1 aromatic heterocycles. The molecule has 2 saturated heterocycles. The van der Waals surface area contributed by atoms with Crippen LogP contribution in [0.15, 0.2) is 12.4 Å². The van der Waals surface area contributed by atoms with E-state index in [9.17, 15) is 4.79 Å². The first-order valence-electron chi connectivity index (χ1n) is 10.1. The number of carbonyl (C=O) groups excluding carboxylic acids is 1. The molecule has 0 aromatic carbocycles. The Balaban J connectivity index is 1.27. The smallest absolute Gasteiger partial charge is 0.317 e. The minimum Gasteiger partial charge on any atom is -0.335 e. The molecule has 2 aliphatic heterocycles. The summed E-state index contributed by atoms with van der Waals surface area (Å²) in [4.78, 5) is 17.3. The van der Waals surface area contributed by atoms with E-state index in [2.05, 4.69) is 22.2 Å². The average molecular weight is 380 g/mol. The number of nitrogens with one attached hydrogen (secondary N) is 1. The van der Waals surface area contributed by atoms with Gasteiger partial charge in [0.05, 0.1) is 17.3 Å². The van der Waals surface area contributed by atoms with E-state index in [1.165, 1.54) is 38.6 Å². The normalized spacial score (nSPS) is 28.8. The van der Waals surface area contributed by atoms with Crippen LogP contribution in [0, 0.1) is 5.92 Å². The number of likely N-dealkylation sites (tertiary alicyclic amines) is 2. The highest BCUT2D eigenvalue weighted by Gasteiger charge is 2.33. The molecule has 3 unspecified atom stereocenters. The van der Waals surface area contributed by atoms with Gasteiger partial charge >= 0.3 is 6.03 Å². The van der Waals surface area contributed by atoms with Gasteiger partial charge in [-0.3, -0.25) is 4.68 Å². The van der Waals surface area contributed by atoms with Crippen molar-refractivity contribution < 1.29 is 4.79 Å². The molecule has 1 saturated carbocycles. The predicted molar refractivity (Wildman–Crippen MR) is 102 cm³/mol. The van der Waals surface area contributed by atoms with Crippen LogP contribution in [0.25, 0.3) is 0 Å². The van der Waals surface area contributed by atoms with Crippen molar-refractivity contribution in [2.24, 2.45) is 5.92 Å². The van der Waals surface area contributed by atoms with Crippen LogP contribution in [-0.4, -0.2) is 63.9 Å². The molecule has 3 fully saturated rings. The van der Waals surface area contributed by atoms with Gasteiger partial charge in [-0.2, -0.15) is 5.10 Å². The Morgan fingerprint density at radius 2 is 2.04 bits per heavy atom. The molecule has 2 amide bonds. The van der Waals surface area contributed by atoms with Gasteiger partial charge in [0.15, 0.2) is 0 Å². The van der Waals surface area contributed by atoms with Crippen molar-refractivity contribution in [3.8, 4) is 0 Å². The molecule has 6 nitrogen and oxygen atoms in total. The van der Waals surface area contributed by atoms with Crippen LogP contribution in [0.4, 0.5) is 4.79 Å². The molecule has 1 N–H and O–H groups in total. The van der Waals surface area contributed by atoms with E-state index in [-0.39, 0.29) is 18.1 Å². The lowest BCUT2D eigenvalue weighted by Crippen LogP contribution is -2.52. The van der Waals surface area contributed by atoms with Gasteiger partial charge in [0, 0.05) is 37.9 Å². The van der Waals surface area contributed by atoms with E-state index < -0.39 is 0 Å². The van der Waals surface area contributed by atoms with Crippen molar-refractivity contribution in [3.05, 3.63) is 17.4 Å². The highest BCUT2D eigenvalue weighted by atomic mass is 35.5. The van der Waals surface area contributed by atoms with Gasteiger partial charge in [-0.1, -0.05) is 18.0 Å². The summed E-state index contributed by atoms with van der Waals surface area (Å²) in [5.74, 6) is 0.566. The van der Waals surface area contributed by atoms with Crippen LogP contribution in [0.3, 0.4) is 0 Å². The van der Waals surface area contributed by atoms with Crippen LogP contribution in [0.1, 0.15) is 51.5 Å². The molecule has 4 rings (SSSR count). The lowest BCUT2D eigenvalue weighted by molar-refractivity contribution is 0.0671. The molecule has 1 aliphatic carbocycles. The first-order chi connectivity index (χ1) is 12.6. The molecular formula is C19H30ClN5O. The fourth-order valence-corrected chi connectivity index (χ4v) is 4.74. The Labute approximate surface area is 160 Å². The predicted octanol–water partition coefficient (Wildman–Crippen LogP) is 3.15. The largest absolute Gasteiger partial charge is 0.335 e. The molecule has 0 bridgehead atoms. The summed E-state index contributed by atoms with van der Waals surface area (Å²) < 4.78 is 1.89. The fourth-order valence-electron chi connectivity index (χ4n) is 4.59. The summed E-state index contributed by atoms with van der Waals surface area (Å²) in [6.07, 6.45) is 11.0. The van der Waals surface area contributed by atoms with E-state index in [1.807, 2.05) is 15.8 Å². The summed E-state index contributed by atoms with van der Waals surface area (Å²) in [7, 11) is 0. The zero-order valence-corrected chi connectivity index (χ0v) is 16.4. The van der Waals surface area contributed by atoms with Crippen LogP contribution in [-0.2, 0) is 0 Å². The fraction of sp³-hybridized carbons (Fsp3) is 0.789. The molecular weight excluding hydrogens is 350 g/mol. The van der Waals surface area contributed by atoms with Crippen molar-refractivity contribution in [1.29, 1.82) is 0 Å². The number of halogens is 1. The minimum atomic E-state index is 0.0685. The topological polar surface area (TPSA) is 53.4 Å². The second-order valence-electron chi connectivity index (χ2n) is 8.25. The monoisotopic (exact) mass is 379 g/mol. The van der Waals surface area contributed by atoms with E-state index in [4.69, 9.17) is 11.6 Å². The number of rotatable bonds is 4. The Hall–Kier alpha value is -1.27. The SMILES string of the molecule is CC(NC(=O)N1CCC(n2cc(Cl)cn2)C1)C1CCCN(C2CCC2)C1. The third-order valence-corrected chi connectivity index (χ3v) is 6.73. The van der Waals surface area contributed by atoms with Gasteiger partial charge in [0.1, 0.15) is 0 Å². The Bertz CT molecular complexity index is 631. The maximum absolute atomic E-state index is 12.7. The number of carbonyl (C=O) groups is 1. The van der Waals surface area contributed by atoms with Gasteiger partial charge < -0.3 is 15.1 Å². The molecule has 0 radical (unpaired) electrons. The summed E-state index contributed by atoms with van der Waals surface area (Å²) in [5, 5.41) is 8.20. The quantitative estimate of drug-likeness (QED) is 0.874. The lowest BCUT2D eigenvalue weighted by atomic mass is 9.86. The first kappa shape index (κ1) is 18.1. The summed E-state index contributed by atoms with van der Waals surface area (Å²) in [6.45, 7) is 6.03. The third kappa shape index (κ3) is 3.86. The standard InChI is InChI=1S/C19H30ClN5O/c1-14(15-4-3-8-23(11-15)17-5-2-6-17)22-19(26)24-9-7-18(13-24)25-12-16(20)10-21-25/h10,12,14-15,17-18H,2-9,11,13H2,1H3,(H,22,26). The zero-order valence-electron chi connectivity index (χ0n) is 15.6. The van der Waals surface area contributed by atoms with Crippen molar-refractivity contribution in [1.82, 2.24) is 24.9 Å². The number of nitrogens with zero attached hydrogens (tertiary/aromatic N) is 4. The van der Waals surface area contributed by atoms with Crippen LogP contribution in [0.2, 0.25) is 5.02 Å². The van der Waals surface area contributed by atoms with Crippen LogP contribution < -0.4 is 5.32 Å². The average Bonchev–Trinajstić information content (AvgIpc) is 3.22. The lowest BCUT2D eigenvalue weighted by Gasteiger charge is -2.44. The molecule has 3 heterocycles. The van der Waals surface area contributed by atoms with Gasteiger partial charge in [0.2, 0.25) is 0 Å². The molecule has 1 aromatic rings. The van der Waals surface area contributed by atoms with E-state index in [0.29, 0.717) is 17.5 Å². The molecule has 3 aliphatic rings. The molecule has 3 atom stereocenters. The number of aromatic nitrogens is 2. The summed E-state index contributed by atoms with van der Waals surface area (Å²) in [5.41, 5.74) is 0. The highest BCUT2D eigenvalue weighted by molar-refractivity contribution is 6.30. The van der Waals surface area contributed by atoms with Crippen molar-refractivity contribution in [2.75, 3.05) is 26.2 Å². The molecule has 144 valence electrons. The maximum Gasteiger partial charge on any atom is 0.317 e. The van der Waals surface area contributed by atoms with E-state index in [0.717, 1.165) is 25.6 Å². The second-order valence-corrected chi connectivity index (χ2v) is 8.68. The van der Waals surface area contributed by atoms with Crippen molar-refractivity contribution in [2.45, 2.75) is 63.6 Å². The van der Waals surface area contributed by atoms with Crippen molar-refractivity contribution in [3.63, 3.8) is 0 Å². The number of hydrogen-bond acceptors (Lipinski definition) is 3. The number of urea groups is 1. The van der Waals surface area contributed by atoms with Gasteiger partial charge in [-0.15, -0.1) is 0 Å². The van der Waals surface area contributed by atoms with E-state index in [1.54, 1.807) is 6.20 Å². The Morgan fingerprint density at radius 3 is 2.73 bits per heavy atom. The molecule has 26 heavy (non-hydrogen) atoms. The van der Waals surface area contributed by atoms with Crippen LogP contribution >= 0.6 is 11.6 Å². The Kier molecular flexibility index (Phi) is 5.41. The minimum absolute atomic E-state index is 0.0685. The number of piperidine rings is 1. The Morgan fingerprint density at radius 1 is 1.19 bits per heavy atom. The highest BCUT2D eigenvalue weighted by Crippen LogP contribution is 2.30. The van der Waals surface area contributed by atoms with E-state index >= 15 is 0 Å². The second kappa shape index (κ2) is 7.77. The summed E-state index contributed by atoms with van der Waals surface area (Å²) in [6, 6.07) is 1.33. The number of amides is 2. The van der Waals surface area contributed by atoms with Gasteiger partial charge in [-0.05, 0) is 51.5 Å². The molecule has 7 heteroatoms.